The number of hydrogen-bond acceptors (Lipinski definition) is 3. The molecule has 1 fully saturated rings. The molecule has 0 radical (unpaired) electrons. The Kier molecular flexibility index (Phi) is 1.84. The van der Waals surface area contributed by atoms with Crippen molar-refractivity contribution in [2.75, 3.05) is 0 Å². The summed E-state index contributed by atoms with van der Waals surface area (Å²) in [5, 5.41) is 0. The highest BCUT2D eigenvalue weighted by Gasteiger charge is 2.38. The third-order valence-electron chi connectivity index (χ3n) is 1.93. The Morgan fingerprint density at radius 1 is 1.45 bits per heavy atom. The standard InChI is InChI=1S/C8H12O3/c1-5-6(9)4-7(10)8(2,3)11-5/h5H,4H2,1-3H3. The number of ether oxygens (including phenoxy) is 1. The Balaban J connectivity index is 2.79. The van der Waals surface area contributed by atoms with Crippen LogP contribution in [0.15, 0.2) is 0 Å². The van der Waals surface area contributed by atoms with Gasteiger partial charge < -0.3 is 4.74 Å². The lowest BCUT2D eigenvalue weighted by atomic mass is 9.93. The van der Waals surface area contributed by atoms with Crippen molar-refractivity contribution in [1.82, 2.24) is 0 Å². The Bertz CT molecular complexity index is 205. The van der Waals surface area contributed by atoms with E-state index in [-0.39, 0.29) is 18.0 Å². The second kappa shape index (κ2) is 2.41. The van der Waals surface area contributed by atoms with Gasteiger partial charge in [0.1, 0.15) is 11.7 Å². The minimum absolute atomic E-state index is 0.0220. The van der Waals surface area contributed by atoms with Crippen LogP contribution in [0, 0.1) is 0 Å². The number of ketones is 2. The number of hydrogen-bond donors (Lipinski definition) is 0. The van der Waals surface area contributed by atoms with E-state index in [1.807, 2.05) is 0 Å². The first-order chi connectivity index (χ1) is 4.93. The largest absolute Gasteiger partial charge is 0.357 e. The average molecular weight is 156 g/mol. The second-order valence-corrected chi connectivity index (χ2v) is 3.34. The van der Waals surface area contributed by atoms with Gasteiger partial charge in [0.25, 0.3) is 0 Å². The van der Waals surface area contributed by atoms with E-state index in [4.69, 9.17) is 4.74 Å². The lowest BCUT2D eigenvalue weighted by molar-refractivity contribution is -0.165. The summed E-state index contributed by atoms with van der Waals surface area (Å²) in [6, 6.07) is 0. The van der Waals surface area contributed by atoms with Gasteiger partial charge in [-0.25, -0.2) is 0 Å². The van der Waals surface area contributed by atoms with E-state index in [2.05, 4.69) is 0 Å². The normalized spacial score (nSPS) is 30.6. The summed E-state index contributed by atoms with van der Waals surface area (Å²) in [6.07, 6.45) is -0.406. The van der Waals surface area contributed by atoms with Crippen molar-refractivity contribution in [3.8, 4) is 0 Å². The molecule has 1 atom stereocenters. The summed E-state index contributed by atoms with van der Waals surface area (Å²) in [5.74, 6) is -0.241. The highest BCUT2D eigenvalue weighted by atomic mass is 16.5. The number of carbonyl (C=O) groups excluding carboxylic acids is 2. The molecule has 1 aliphatic rings. The van der Waals surface area contributed by atoms with Gasteiger partial charge in [0.15, 0.2) is 11.6 Å². The molecule has 1 unspecified atom stereocenters. The van der Waals surface area contributed by atoms with Gasteiger partial charge in [-0.15, -0.1) is 0 Å². The van der Waals surface area contributed by atoms with Gasteiger partial charge in [0.05, 0.1) is 6.42 Å². The molecule has 11 heavy (non-hydrogen) atoms. The molecule has 0 N–H and O–H groups in total. The van der Waals surface area contributed by atoms with Crippen LogP contribution < -0.4 is 0 Å². The summed E-state index contributed by atoms with van der Waals surface area (Å²) in [6.45, 7) is 5.06. The first-order valence-electron chi connectivity index (χ1n) is 3.67. The van der Waals surface area contributed by atoms with Crippen molar-refractivity contribution in [2.24, 2.45) is 0 Å². The van der Waals surface area contributed by atoms with Crippen LogP contribution in [0.5, 0.6) is 0 Å². The van der Waals surface area contributed by atoms with E-state index in [1.54, 1.807) is 20.8 Å². The quantitative estimate of drug-likeness (QED) is 0.485. The Morgan fingerprint density at radius 3 is 2.45 bits per heavy atom. The molecule has 0 aromatic rings. The molecular weight excluding hydrogens is 144 g/mol. The molecule has 3 heteroatoms. The van der Waals surface area contributed by atoms with Crippen molar-refractivity contribution in [3.05, 3.63) is 0 Å². The van der Waals surface area contributed by atoms with Crippen LogP contribution in [0.25, 0.3) is 0 Å². The highest BCUT2D eigenvalue weighted by Crippen LogP contribution is 2.22. The molecule has 0 amide bonds. The number of carbonyl (C=O) groups is 2. The molecule has 0 aromatic heterocycles. The zero-order valence-electron chi connectivity index (χ0n) is 7.01. The maximum Gasteiger partial charge on any atom is 0.171 e. The fraction of sp³-hybridized carbons (Fsp3) is 0.750. The van der Waals surface area contributed by atoms with Gasteiger partial charge >= 0.3 is 0 Å². The van der Waals surface area contributed by atoms with Gasteiger partial charge in [-0.3, -0.25) is 9.59 Å². The first kappa shape index (κ1) is 8.40. The molecule has 0 aliphatic carbocycles. The lowest BCUT2D eigenvalue weighted by Crippen LogP contribution is -2.47. The van der Waals surface area contributed by atoms with Crippen molar-refractivity contribution >= 4 is 11.6 Å². The molecule has 3 nitrogen and oxygen atoms in total. The molecule has 0 spiro atoms. The fourth-order valence-corrected chi connectivity index (χ4v) is 1.09. The number of rotatable bonds is 0. The van der Waals surface area contributed by atoms with E-state index in [0.717, 1.165) is 0 Å². The topological polar surface area (TPSA) is 43.4 Å². The molecule has 62 valence electrons. The molecule has 1 heterocycles. The molecule has 1 saturated heterocycles. The lowest BCUT2D eigenvalue weighted by Gasteiger charge is -2.31. The summed E-state index contributed by atoms with van der Waals surface area (Å²) < 4.78 is 5.20. The van der Waals surface area contributed by atoms with Gasteiger partial charge in [-0.05, 0) is 20.8 Å². The van der Waals surface area contributed by atoms with Crippen LogP contribution in [0.4, 0.5) is 0 Å². The van der Waals surface area contributed by atoms with Crippen LogP contribution in [0.1, 0.15) is 27.2 Å². The molecule has 0 aromatic carbocycles. The van der Waals surface area contributed by atoms with Crippen LogP contribution in [-0.2, 0) is 14.3 Å². The summed E-state index contributed by atoms with van der Waals surface area (Å²) in [4.78, 5) is 22.1. The smallest absolute Gasteiger partial charge is 0.171 e. The number of Topliss-reactive ketones (excluding diaryl/α,β-unsaturated/α-hetero) is 2. The monoisotopic (exact) mass is 156 g/mol. The second-order valence-electron chi connectivity index (χ2n) is 3.34. The van der Waals surface area contributed by atoms with E-state index >= 15 is 0 Å². The van der Waals surface area contributed by atoms with E-state index in [1.165, 1.54) is 0 Å². The fourth-order valence-electron chi connectivity index (χ4n) is 1.09. The Labute approximate surface area is 65.7 Å². The zero-order chi connectivity index (χ0) is 8.65. The first-order valence-corrected chi connectivity index (χ1v) is 3.67. The Morgan fingerprint density at radius 2 is 2.00 bits per heavy atom. The molecule has 1 rings (SSSR count). The third kappa shape index (κ3) is 1.48. The van der Waals surface area contributed by atoms with E-state index in [9.17, 15) is 9.59 Å². The maximum absolute atomic E-state index is 11.1. The van der Waals surface area contributed by atoms with E-state index < -0.39 is 11.7 Å². The van der Waals surface area contributed by atoms with Gasteiger partial charge in [0, 0.05) is 0 Å². The van der Waals surface area contributed by atoms with Crippen molar-refractivity contribution < 1.29 is 14.3 Å². The molecular formula is C8H12O3. The summed E-state index contributed by atoms with van der Waals surface area (Å²) >= 11 is 0. The highest BCUT2D eigenvalue weighted by molar-refractivity contribution is 6.06. The minimum Gasteiger partial charge on any atom is -0.357 e. The van der Waals surface area contributed by atoms with Crippen LogP contribution in [-0.4, -0.2) is 23.3 Å². The third-order valence-corrected chi connectivity index (χ3v) is 1.93. The molecule has 0 bridgehead atoms. The predicted molar refractivity (Wildman–Crippen MR) is 39.3 cm³/mol. The van der Waals surface area contributed by atoms with E-state index in [0.29, 0.717) is 0 Å². The summed E-state index contributed by atoms with van der Waals surface area (Å²) in [5.41, 5.74) is -0.771. The maximum atomic E-state index is 11.1. The van der Waals surface area contributed by atoms with Crippen molar-refractivity contribution in [2.45, 2.75) is 38.9 Å². The summed E-state index contributed by atoms with van der Waals surface area (Å²) in [7, 11) is 0. The van der Waals surface area contributed by atoms with Gasteiger partial charge in [0.2, 0.25) is 0 Å². The molecule has 0 saturated carbocycles. The van der Waals surface area contributed by atoms with Crippen LogP contribution >= 0.6 is 0 Å². The SMILES string of the molecule is CC1OC(C)(C)C(=O)CC1=O. The van der Waals surface area contributed by atoms with Crippen LogP contribution in [0.3, 0.4) is 0 Å². The van der Waals surface area contributed by atoms with Gasteiger partial charge in [-0.1, -0.05) is 0 Å². The average Bonchev–Trinajstić information content (AvgIpc) is 1.83. The van der Waals surface area contributed by atoms with Gasteiger partial charge in [-0.2, -0.15) is 0 Å². The Hall–Kier alpha value is -0.700. The predicted octanol–water partition coefficient (Wildman–Crippen LogP) is 0.712. The molecule has 1 aliphatic heterocycles. The van der Waals surface area contributed by atoms with Crippen molar-refractivity contribution in [1.29, 1.82) is 0 Å². The van der Waals surface area contributed by atoms with Crippen molar-refractivity contribution in [3.63, 3.8) is 0 Å². The zero-order valence-corrected chi connectivity index (χ0v) is 7.01. The van der Waals surface area contributed by atoms with Crippen LogP contribution in [0.2, 0.25) is 0 Å². The minimum atomic E-state index is -0.771.